The minimum atomic E-state index is -0.520. The number of aromatic nitrogens is 3. The Morgan fingerprint density at radius 3 is 2.91 bits per heavy atom. The third-order valence-electron chi connectivity index (χ3n) is 5.31. The lowest BCUT2D eigenvalue weighted by Crippen LogP contribution is -2.34. The van der Waals surface area contributed by atoms with Crippen LogP contribution in [0.15, 0.2) is 35.4 Å². The Balaban J connectivity index is 1.52. The number of thiazole rings is 1. The molecule has 2 aromatic heterocycles. The Morgan fingerprint density at radius 1 is 1.31 bits per heavy atom. The van der Waals surface area contributed by atoms with Gasteiger partial charge in [-0.1, -0.05) is 30.4 Å². The predicted octanol–water partition coefficient (Wildman–Crippen LogP) is 2.90. The van der Waals surface area contributed by atoms with Crippen molar-refractivity contribution >= 4 is 44.4 Å². The van der Waals surface area contributed by atoms with E-state index in [0.29, 0.717) is 22.0 Å². The highest BCUT2D eigenvalue weighted by molar-refractivity contribution is 7.22. The number of fused-ring (bicyclic) bond motifs is 1. The van der Waals surface area contributed by atoms with Gasteiger partial charge in [-0.3, -0.25) is 14.2 Å². The zero-order valence-corrected chi connectivity index (χ0v) is 18.9. The molecule has 0 spiro atoms. The van der Waals surface area contributed by atoms with E-state index in [4.69, 9.17) is 4.74 Å². The molecule has 1 aromatic carbocycles. The van der Waals surface area contributed by atoms with Crippen LogP contribution in [0.2, 0.25) is 0 Å². The van der Waals surface area contributed by atoms with E-state index in [1.165, 1.54) is 28.7 Å². The number of hydrogen-bond donors (Lipinski definition) is 1. The summed E-state index contributed by atoms with van der Waals surface area (Å²) in [5.41, 5.74) is 0.680. The molecule has 0 saturated carbocycles. The number of para-hydroxylation sites is 1. The highest BCUT2D eigenvalue weighted by Gasteiger charge is 2.21. The lowest BCUT2D eigenvalue weighted by Gasteiger charge is -2.30. The van der Waals surface area contributed by atoms with Gasteiger partial charge in [0.25, 0.3) is 5.56 Å². The molecule has 1 amide bonds. The normalized spacial score (nSPS) is 16.2. The first kappa shape index (κ1) is 21.9. The van der Waals surface area contributed by atoms with Gasteiger partial charge < -0.3 is 15.0 Å². The van der Waals surface area contributed by atoms with Gasteiger partial charge in [0.2, 0.25) is 5.91 Å². The molecule has 1 aliphatic rings. The maximum Gasteiger partial charge on any atom is 0.340 e. The Morgan fingerprint density at radius 2 is 2.12 bits per heavy atom. The Bertz CT molecular complexity index is 1200. The van der Waals surface area contributed by atoms with Gasteiger partial charge in [-0.2, -0.15) is 4.98 Å². The molecule has 10 heteroatoms. The van der Waals surface area contributed by atoms with E-state index in [-0.39, 0.29) is 24.3 Å². The fraction of sp³-hybridized carbons (Fsp3) is 0.409. The number of nitrogens with zero attached hydrogens (tertiary/aromatic N) is 4. The monoisotopic (exact) mass is 455 g/mol. The maximum atomic E-state index is 13.0. The average molecular weight is 456 g/mol. The lowest BCUT2D eigenvalue weighted by atomic mass is 10.0. The van der Waals surface area contributed by atoms with E-state index in [2.05, 4.69) is 27.1 Å². The summed E-state index contributed by atoms with van der Waals surface area (Å²) in [6.45, 7) is 5.76. The van der Waals surface area contributed by atoms with Crippen LogP contribution < -0.4 is 15.8 Å². The Hall–Kier alpha value is -3.27. The fourth-order valence-corrected chi connectivity index (χ4v) is 4.77. The number of anilines is 2. The molecule has 1 aliphatic heterocycles. The summed E-state index contributed by atoms with van der Waals surface area (Å²) >= 11 is 1.32. The quantitative estimate of drug-likeness (QED) is 0.570. The van der Waals surface area contributed by atoms with E-state index >= 15 is 0 Å². The van der Waals surface area contributed by atoms with Crippen molar-refractivity contribution in [3.05, 3.63) is 46.5 Å². The molecule has 3 heterocycles. The summed E-state index contributed by atoms with van der Waals surface area (Å²) in [5, 5.41) is 3.48. The number of carbonyl (C=O) groups is 2. The van der Waals surface area contributed by atoms with Crippen LogP contribution in [0.5, 0.6) is 0 Å². The van der Waals surface area contributed by atoms with E-state index < -0.39 is 11.9 Å². The number of piperidine rings is 1. The molecule has 1 N–H and O–H groups in total. The van der Waals surface area contributed by atoms with Crippen LogP contribution in [0.1, 0.15) is 37.0 Å². The first-order valence-electron chi connectivity index (χ1n) is 10.6. The van der Waals surface area contributed by atoms with Crippen molar-refractivity contribution in [3.63, 3.8) is 0 Å². The minimum absolute atomic E-state index is 0.229. The maximum absolute atomic E-state index is 13.0. The minimum Gasteiger partial charge on any atom is -0.462 e. The largest absolute Gasteiger partial charge is 0.462 e. The first-order chi connectivity index (χ1) is 15.5. The molecule has 9 nitrogen and oxygen atoms in total. The molecule has 1 fully saturated rings. The van der Waals surface area contributed by atoms with Crippen molar-refractivity contribution in [2.45, 2.75) is 33.2 Å². The molecule has 3 aromatic rings. The van der Waals surface area contributed by atoms with Crippen molar-refractivity contribution in [3.8, 4) is 0 Å². The standard InChI is InChI=1S/C22H25N5O4S/c1-3-31-21(30)15-8-4-5-9-16(15)24-17(28)12-27-13-23-19-18(20(27)29)32-22(25-19)26-10-6-7-14(2)11-26/h4-5,8-9,13-14H,3,6-7,10-12H2,1-2H3,(H,24,28)/t14-/m0/s1. The number of hydrogen-bond acceptors (Lipinski definition) is 8. The topological polar surface area (TPSA) is 106 Å². The summed E-state index contributed by atoms with van der Waals surface area (Å²) in [7, 11) is 0. The van der Waals surface area contributed by atoms with Crippen molar-refractivity contribution in [1.29, 1.82) is 0 Å². The second-order valence-electron chi connectivity index (χ2n) is 7.83. The van der Waals surface area contributed by atoms with Gasteiger partial charge in [-0.25, -0.2) is 9.78 Å². The van der Waals surface area contributed by atoms with Crippen LogP contribution >= 0.6 is 11.3 Å². The van der Waals surface area contributed by atoms with E-state index in [0.717, 1.165) is 24.6 Å². The molecular formula is C22H25N5O4S. The summed E-state index contributed by atoms with van der Waals surface area (Å²) in [6, 6.07) is 6.59. The summed E-state index contributed by atoms with van der Waals surface area (Å²) in [6.07, 6.45) is 3.63. The third kappa shape index (κ3) is 4.64. The zero-order chi connectivity index (χ0) is 22.7. The number of ether oxygens (including phenoxy) is 1. The number of nitrogens with one attached hydrogen (secondary N) is 1. The average Bonchev–Trinajstić information content (AvgIpc) is 3.22. The second-order valence-corrected chi connectivity index (χ2v) is 8.81. The van der Waals surface area contributed by atoms with Gasteiger partial charge in [0, 0.05) is 13.1 Å². The molecule has 0 unspecified atom stereocenters. The summed E-state index contributed by atoms with van der Waals surface area (Å²) in [4.78, 5) is 48.7. The number of esters is 1. The van der Waals surface area contributed by atoms with Crippen molar-refractivity contribution in [1.82, 2.24) is 14.5 Å². The fourth-order valence-electron chi connectivity index (χ4n) is 3.77. The molecule has 32 heavy (non-hydrogen) atoms. The summed E-state index contributed by atoms with van der Waals surface area (Å²) in [5.74, 6) is -0.381. The third-order valence-corrected chi connectivity index (χ3v) is 6.40. The van der Waals surface area contributed by atoms with Crippen LogP contribution in [0.3, 0.4) is 0 Å². The smallest absolute Gasteiger partial charge is 0.340 e. The van der Waals surface area contributed by atoms with Crippen molar-refractivity contribution in [2.75, 3.05) is 29.9 Å². The van der Waals surface area contributed by atoms with Gasteiger partial charge >= 0.3 is 5.97 Å². The molecule has 4 rings (SSSR count). The lowest BCUT2D eigenvalue weighted by molar-refractivity contribution is -0.116. The highest BCUT2D eigenvalue weighted by Crippen LogP contribution is 2.29. The van der Waals surface area contributed by atoms with Crippen LogP contribution in [0.4, 0.5) is 10.8 Å². The Labute approximate surface area is 189 Å². The highest BCUT2D eigenvalue weighted by atomic mass is 32.1. The van der Waals surface area contributed by atoms with Gasteiger partial charge in [-0.15, -0.1) is 0 Å². The van der Waals surface area contributed by atoms with Gasteiger partial charge in [0.1, 0.15) is 17.6 Å². The van der Waals surface area contributed by atoms with Crippen molar-refractivity contribution < 1.29 is 14.3 Å². The van der Waals surface area contributed by atoms with Crippen LogP contribution in [-0.4, -0.2) is 46.1 Å². The molecule has 0 radical (unpaired) electrons. The van der Waals surface area contributed by atoms with E-state index in [9.17, 15) is 14.4 Å². The number of rotatable bonds is 6. The van der Waals surface area contributed by atoms with Crippen LogP contribution in [0, 0.1) is 5.92 Å². The number of benzene rings is 1. The second kappa shape index (κ2) is 9.47. The number of amides is 1. The molecule has 0 aliphatic carbocycles. The molecule has 1 atom stereocenters. The molecule has 1 saturated heterocycles. The van der Waals surface area contributed by atoms with Crippen molar-refractivity contribution in [2.24, 2.45) is 5.92 Å². The van der Waals surface area contributed by atoms with Gasteiger partial charge in [0.15, 0.2) is 10.8 Å². The van der Waals surface area contributed by atoms with Crippen LogP contribution in [0.25, 0.3) is 10.3 Å². The van der Waals surface area contributed by atoms with Crippen LogP contribution in [-0.2, 0) is 16.1 Å². The zero-order valence-electron chi connectivity index (χ0n) is 18.0. The Kier molecular flexibility index (Phi) is 6.50. The van der Waals surface area contributed by atoms with Gasteiger partial charge in [0.05, 0.1) is 17.9 Å². The first-order valence-corrected chi connectivity index (χ1v) is 11.4. The molecule has 0 bridgehead atoms. The van der Waals surface area contributed by atoms with E-state index in [1.807, 2.05) is 0 Å². The molecule has 168 valence electrons. The van der Waals surface area contributed by atoms with E-state index in [1.54, 1.807) is 31.2 Å². The number of carbonyl (C=O) groups excluding carboxylic acids is 2. The molecular weight excluding hydrogens is 430 g/mol. The summed E-state index contributed by atoms with van der Waals surface area (Å²) < 4.78 is 6.72. The van der Waals surface area contributed by atoms with Gasteiger partial charge in [-0.05, 0) is 37.8 Å². The SMILES string of the molecule is CCOC(=O)c1ccccc1NC(=O)Cn1cnc2nc(N3CCC[C@H](C)C3)sc2c1=O. The predicted molar refractivity (Wildman–Crippen MR) is 123 cm³/mol.